The van der Waals surface area contributed by atoms with Gasteiger partial charge in [0.15, 0.2) is 0 Å². The van der Waals surface area contributed by atoms with Gasteiger partial charge in [-0.25, -0.2) is 0 Å². The van der Waals surface area contributed by atoms with Gasteiger partial charge in [0, 0.05) is 26.1 Å². The van der Waals surface area contributed by atoms with Crippen LogP contribution < -0.4 is 5.32 Å². The van der Waals surface area contributed by atoms with E-state index in [-0.39, 0.29) is 5.41 Å². The molecule has 1 unspecified atom stereocenters. The molecule has 0 aromatic rings. The minimum absolute atomic E-state index is 0.224. The second-order valence-electron chi connectivity index (χ2n) is 7.78. The van der Waals surface area contributed by atoms with E-state index < -0.39 is 0 Å². The van der Waals surface area contributed by atoms with Gasteiger partial charge in [0.1, 0.15) is 0 Å². The van der Waals surface area contributed by atoms with Gasteiger partial charge >= 0.3 is 0 Å². The van der Waals surface area contributed by atoms with Crippen LogP contribution in [0.1, 0.15) is 53.4 Å². The van der Waals surface area contributed by atoms with E-state index >= 15 is 0 Å². The first kappa shape index (κ1) is 14.8. The van der Waals surface area contributed by atoms with Gasteiger partial charge in [-0.1, -0.05) is 27.7 Å². The van der Waals surface area contributed by atoms with Gasteiger partial charge in [-0.3, -0.25) is 4.79 Å². The Morgan fingerprint density at radius 3 is 2.37 bits per heavy atom. The number of likely N-dealkylation sites (tertiary alicyclic amines) is 1. The maximum atomic E-state index is 12.4. The number of nitrogens with zero attached hydrogens (tertiary/aromatic N) is 1. The molecular weight excluding hydrogens is 236 g/mol. The first-order valence-corrected chi connectivity index (χ1v) is 7.81. The number of nitrogens with one attached hydrogen (secondary N) is 1. The standard InChI is InChI=1S/C16H30N2O/c1-13(15(2,3)4)11-14(19)18-9-6-16(7-10-18)5-8-17-12-16/h13,17H,5-12H2,1-4H3. The smallest absolute Gasteiger partial charge is 0.222 e. The summed E-state index contributed by atoms with van der Waals surface area (Å²) in [6.45, 7) is 13.1. The van der Waals surface area contributed by atoms with Gasteiger partial charge in [-0.05, 0) is 42.6 Å². The van der Waals surface area contributed by atoms with Gasteiger partial charge in [0.25, 0.3) is 0 Å². The maximum Gasteiger partial charge on any atom is 0.222 e. The van der Waals surface area contributed by atoms with Crippen molar-refractivity contribution in [3.8, 4) is 0 Å². The Morgan fingerprint density at radius 2 is 1.89 bits per heavy atom. The summed E-state index contributed by atoms with van der Waals surface area (Å²) in [5.74, 6) is 0.812. The number of hydrogen-bond donors (Lipinski definition) is 1. The Balaban J connectivity index is 1.82. The normalized spacial score (nSPS) is 24.7. The van der Waals surface area contributed by atoms with Gasteiger partial charge in [0.2, 0.25) is 5.91 Å². The molecule has 19 heavy (non-hydrogen) atoms. The summed E-state index contributed by atoms with van der Waals surface area (Å²) in [5.41, 5.74) is 0.731. The molecule has 110 valence electrons. The van der Waals surface area contributed by atoms with E-state index in [2.05, 4.69) is 37.9 Å². The zero-order chi connectivity index (χ0) is 14.1. The summed E-state index contributed by atoms with van der Waals surface area (Å²) in [6.07, 6.45) is 4.38. The van der Waals surface area contributed by atoms with Crippen LogP contribution in [-0.2, 0) is 4.79 Å². The fourth-order valence-electron chi connectivity index (χ4n) is 3.15. The summed E-state index contributed by atoms with van der Waals surface area (Å²) < 4.78 is 0. The number of hydrogen-bond acceptors (Lipinski definition) is 2. The molecule has 1 N–H and O–H groups in total. The SMILES string of the molecule is CC(CC(=O)N1CCC2(CCNC2)CC1)C(C)(C)C. The second-order valence-corrected chi connectivity index (χ2v) is 7.78. The Labute approximate surface area is 118 Å². The van der Waals surface area contributed by atoms with Crippen LogP contribution in [0.25, 0.3) is 0 Å². The van der Waals surface area contributed by atoms with Gasteiger partial charge in [-0.2, -0.15) is 0 Å². The fraction of sp³-hybridized carbons (Fsp3) is 0.938. The number of amides is 1. The van der Waals surface area contributed by atoms with Crippen molar-refractivity contribution in [1.82, 2.24) is 10.2 Å². The highest BCUT2D eigenvalue weighted by atomic mass is 16.2. The third kappa shape index (κ3) is 3.50. The summed E-state index contributed by atoms with van der Waals surface area (Å²) in [5, 5.41) is 3.48. The van der Waals surface area contributed by atoms with Crippen molar-refractivity contribution in [2.45, 2.75) is 53.4 Å². The predicted molar refractivity (Wildman–Crippen MR) is 79.0 cm³/mol. The third-order valence-corrected chi connectivity index (χ3v) is 5.47. The maximum absolute atomic E-state index is 12.4. The molecule has 1 spiro atoms. The largest absolute Gasteiger partial charge is 0.343 e. The molecule has 2 aliphatic heterocycles. The lowest BCUT2D eigenvalue weighted by Gasteiger charge is -2.39. The molecule has 3 nitrogen and oxygen atoms in total. The summed E-state index contributed by atoms with van der Waals surface area (Å²) >= 11 is 0. The van der Waals surface area contributed by atoms with Gasteiger partial charge in [-0.15, -0.1) is 0 Å². The molecule has 2 fully saturated rings. The summed E-state index contributed by atoms with van der Waals surface area (Å²) in [4.78, 5) is 14.5. The van der Waals surface area contributed by atoms with E-state index in [0.717, 1.165) is 26.2 Å². The van der Waals surface area contributed by atoms with Gasteiger partial charge < -0.3 is 10.2 Å². The lowest BCUT2D eigenvalue weighted by molar-refractivity contribution is -0.135. The number of piperidine rings is 1. The molecule has 0 radical (unpaired) electrons. The highest BCUT2D eigenvalue weighted by molar-refractivity contribution is 5.76. The van der Waals surface area contributed by atoms with Crippen molar-refractivity contribution in [2.24, 2.45) is 16.7 Å². The topological polar surface area (TPSA) is 32.3 Å². The van der Waals surface area contributed by atoms with E-state index in [0.29, 0.717) is 23.7 Å². The molecule has 0 aromatic heterocycles. The average molecular weight is 266 g/mol. The molecular formula is C16H30N2O. The summed E-state index contributed by atoms with van der Waals surface area (Å²) in [7, 11) is 0. The highest BCUT2D eigenvalue weighted by Crippen LogP contribution is 2.37. The number of carbonyl (C=O) groups excluding carboxylic acids is 1. The highest BCUT2D eigenvalue weighted by Gasteiger charge is 2.38. The van der Waals surface area contributed by atoms with E-state index in [1.807, 2.05) is 0 Å². The number of carbonyl (C=O) groups is 1. The Bertz CT molecular complexity index is 316. The molecule has 3 heteroatoms. The fourth-order valence-corrected chi connectivity index (χ4v) is 3.15. The first-order valence-electron chi connectivity index (χ1n) is 7.81. The molecule has 2 rings (SSSR count). The molecule has 2 heterocycles. The van der Waals surface area contributed by atoms with Crippen LogP contribution in [0.2, 0.25) is 0 Å². The van der Waals surface area contributed by atoms with Crippen molar-refractivity contribution in [3.63, 3.8) is 0 Å². The van der Waals surface area contributed by atoms with E-state index in [1.165, 1.54) is 19.3 Å². The van der Waals surface area contributed by atoms with Crippen molar-refractivity contribution < 1.29 is 4.79 Å². The molecule has 0 saturated carbocycles. The van der Waals surface area contributed by atoms with E-state index in [9.17, 15) is 4.79 Å². The Kier molecular flexibility index (Phi) is 4.24. The quantitative estimate of drug-likeness (QED) is 0.833. The monoisotopic (exact) mass is 266 g/mol. The lowest BCUT2D eigenvalue weighted by atomic mass is 9.77. The van der Waals surface area contributed by atoms with Crippen LogP contribution in [0, 0.1) is 16.7 Å². The second kappa shape index (κ2) is 5.43. The zero-order valence-corrected chi connectivity index (χ0v) is 13.1. The molecule has 2 saturated heterocycles. The zero-order valence-electron chi connectivity index (χ0n) is 13.1. The van der Waals surface area contributed by atoms with Crippen molar-refractivity contribution in [1.29, 1.82) is 0 Å². The van der Waals surface area contributed by atoms with Crippen LogP contribution in [0.5, 0.6) is 0 Å². The van der Waals surface area contributed by atoms with Crippen molar-refractivity contribution >= 4 is 5.91 Å². The average Bonchev–Trinajstić information content (AvgIpc) is 2.77. The van der Waals surface area contributed by atoms with Crippen molar-refractivity contribution in [2.75, 3.05) is 26.2 Å². The van der Waals surface area contributed by atoms with Crippen molar-refractivity contribution in [3.05, 3.63) is 0 Å². The van der Waals surface area contributed by atoms with Crippen LogP contribution in [-0.4, -0.2) is 37.0 Å². The van der Waals surface area contributed by atoms with Crippen LogP contribution in [0.3, 0.4) is 0 Å². The molecule has 2 aliphatic rings. The third-order valence-electron chi connectivity index (χ3n) is 5.47. The number of rotatable bonds is 2. The molecule has 1 atom stereocenters. The van der Waals surface area contributed by atoms with Crippen LogP contribution in [0.15, 0.2) is 0 Å². The van der Waals surface area contributed by atoms with E-state index in [1.54, 1.807) is 0 Å². The molecule has 1 amide bonds. The molecule has 0 aliphatic carbocycles. The first-order chi connectivity index (χ1) is 8.82. The molecule has 0 aromatic carbocycles. The Hall–Kier alpha value is -0.570. The van der Waals surface area contributed by atoms with Crippen LogP contribution >= 0.6 is 0 Å². The summed E-state index contributed by atoms with van der Waals surface area (Å²) in [6, 6.07) is 0. The minimum atomic E-state index is 0.224. The van der Waals surface area contributed by atoms with E-state index in [4.69, 9.17) is 0 Å². The van der Waals surface area contributed by atoms with Gasteiger partial charge in [0.05, 0.1) is 0 Å². The lowest BCUT2D eigenvalue weighted by Crippen LogP contribution is -2.44. The predicted octanol–water partition coefficient (Wildman–Crippen LogP) is 2.66. The van der Waals surface area contributed by atoms with Crippen LogP contribution in [0.4, 0.5) is 0 Å². The molecule has 0 bridgehead atoms. The Morgan fingerprint density at radius 1 is 1.26 bits per heavy atom. The minimum Gasteiger partial charge on any atom is -0.343 e.